The van der Waals surface area contributed by atoms with Crippen LogP contribution < -0.4 is 10.6 Å². The number of hydrogen-bond acceptors (Lipinski definition) is 3. The van der Waals surface area contributed by atoms with Crippen LogP contribution >= 0.6 is 0 Å². The van der Waals surface area contributed by atoms with Gasteiger partial charge < -0.3 is 10.6 Å². The highest BCUT2D eigenvalue weighted by Crippen LogP contribution is 2.02. The topological polar surface area (TPSA) is 61.4 Å². The molecule has 0 aliphatic carbocycles. The summed E-state index contributed by atoms with van der Waals surface area (Å²) in [5, 5.41) is 5.65. The molecule has 0 fully saturated rings. The van der Waals surface area contributed by atoms with Gasteiger partial charge in [-0.25, -0.2) is 0 Å². The second-order valence-electron chi connectivity index (χ2n) is 5.66. The average Bonchev–Trinajstić information content (AvgIpc) is 2.36. The Bertz CT molecular complexity index is 469. The Morgan fingerprint density at radius 1 is 1.10 bits per heavy atom. The Labute approximate surface area is 126 Å². The van der Waals surface area contributed by atoms with Crippen molar-refractivity contribution in [1.29, 1.82) is 0 Å². The lowest BCUT2D eigenvalue weighted by molar-refractivity contribution is -0.124. The van der Waals surface area contributed by atoms with E-state index in [4.69, 9.17) is 0 Å². The quantitative estimate of drug-likeness (QED) is 0.790. The Balaban J connectivity index is 2.29. The Hall–Kier alpha value is -1.88. The van der Waals surface area contributed by atoms with Crippen molar-refractivity contribution in [2.45, 2.75) is 33.4 Å². The first-order valence-corrected chi connectivity index (χ1v) is 7.17. The van der Waals surface area contributed by atoms with Gasteiger partial charge >= 0.3 is 0 Å². The van der Waals surface area contributed by atoms with Crippen molar-refractivity contribution in [3.8, 4) is 0 Å². The summed E-state index contributed by atoms with van der Waals surface area (Å²) in [5.41, 5.74) is 2.26. The maximum Gasteiger partial charge on any atom is 0.234 e. The van der Waals surface area contributed by atoms with Crippen LogP contribution in [0, 0.1) is 6.92 Å². The number of amides is 2. The van der Waals surface area contributed by atoms with E-state index in [1.54, 1.807) is 11.9 Å². The first kappa shape index (κ1) is 17.2. The minimum absolute atomic E-state index is 0.0705. The monoisotopic (exact) mass is 291 g/mol. The minimum atomic E-state index is -0.0876. The summed E-state index contributed by atoms with van der Waals surface area (Å²) < 4.78 is 0. The van der Waals surface area contributed by atoms with E-state index in [1.807, 2.05) is 45.0 Å². The molecule has 0 aliphatic rings. The van der Waals surface area contributed by atoms with E-state index < -0.39 is 0 Å². The lowest BCUT2D eigenvalue weighted by Gasteiger charge is -2.17. The summed E-state index contributed by atoms with van der Waals surface area (Å²) >= 11 is 0. The maximum atomic E-state index is 11.8. The van der Waals surface area contributed by atoms with E-state index in [2.05, 4.69) is 10.6 Å². The molecule has 0 saturated carbocycles. The minimum Gasteiger partial charge on any atom is -0.353 e. The molecular weight excluding hydrogens is 266 g/mol. The molecule has 2 N–H and O–H groups in total. The van der Waals surface area contributed by atoms with Crippen LogP contribution in [0.4, 0.5) is 0 Å². The van der Waals surface area contributed by atoms with Crippen LogP contribution in [0.1, 0.15) is 25.0 Å². The molecule has 2 amide bonds. The highest BCUT2D eigenvalue weighted by Gasteiger charge is 2.11. The zero-order valence-corrected chi connectivity index (χ0v) is 13.3. The summed E-state index contributed by atoms with van der Waals surface area (Å²) in [7, 11) is 1.76. The maximum absolute atomic E-state index is 11.8. The fraction of sp³-hybridized carbons (Fsp3) is 0.500. The summed E-state index contributed by atoms with van der Waals surface area (Å²) in [6.45, 7) is 6.77. The molecule has 21 heavy (non-hydrogen) atoms. The molecule has 5 heteroatoms. The molecule has 1 aromatic carbocycles. The number of hydrogen-bond donors (Lipinski definition) is 2. The summed E-state index contributed by atoms with van der Waals surface area (Å²) in [5.74, 6) is -0.158. The molecule has 0 aromatic heterocycles. The Kier molecular flexibility index (Phi) is 6.88. The number of carbonyl (C=O) groups is 2. The normalized spacial score (nSPS) is 10.8. The molecule has 0 spiro atoms. The van der Waals surface area contributed by atoms with Gasteiger partial charge in [0.2, 0.25) is 11.8 Å². The predicted molar refractivity (Wildman–Crippen MR) is 83.8 cm³/mol. The van der Waals surface area contributed by atoms with Gasteiger partial charge in [-0.05, 0) is 33.4 Å². The third-order valence-corrected chi connectivity index (χ3v) is 2.89. The molecule has 0 radical (unpaired) electrons. The fourth-order valence-corrected chi connectivity index (χ4v) is 1.88. The van der Waals surface area contributed by atoms with Crippen molar-refractivity contribution in [2.24, 2.45) is 0 Å². The third-order valence-electron chi connectivity index (χ3n) is 2.89. The average molecular weight is 291 g/mol. The number of benzene rings is 1. The fourth-order valence-electron chi connectivity index (χ4n) is 1.88. The van der Waals surface area contributed by atoms with Gasteiger partial charge in [0.05, 0.1) is 13.1 Å². The Morgan fingerprint density at radius 3 is 2.24 bits per heavy atom. The summed E-state index contributed by atoms with van der Waals surface area (Å²) in [6, 6.07) is 8.14. The van der Waals surface area contributed by atoms with Gasteiger partial charge in [-0.3, -0.25) is 14.5 Å². The van der Waals surface area contributed by atoms with E-state index in [1.165, 1.54) is 5.56 Å². The van der Waals surface area contributed by atoms with Gasteiger partial charge in [0.15, 0.2) is 0 Å². The number of carbonyl (C=O) groups excluding carboxylic acids is 2. The number of nitrogens with zero attached hydrogens (tertiary/aromatic N) is 1. The van der Waals surface area contributed by atoms with Gasteiger partial charge in [-0.1, -0.05) is 29.8 Å². The highest BCUT2D eigenvalue weighted by atomic mass is 16.2. The van der Waals surface area contributed by atoms with Gasteiger partial charge in [0, 0.05) is 12.6 Å². The van der Waals surface area contributed by atoms with Crippen LogP contribution in [-0.4, -0.2) is 42.9 Å². The first-order valence-electron chi connectivity index (χ1n) is 7.17. The van der Waals surface area contributed by atoms with Crippen LogP contribution in [-0.2, 0) is 16.1 Å². The smallest absolute Gasteiger partial charge is 0.234 e. The molecule has 1 aromatic rings. The van der Waals surface area contributed by atoms with Crippen molar-refractivity contribution < 1.29 is 9.59 Å². The van der Waals surface area contributed by atoms with Gasteiger partial charge in [0.1, 0.15) is 0 Å². The standard InChI is InChI=1S/C16H25N3O2/c1-12(2)18-16(21)11-19(4)10-15(20)17-9-14-7-5-13(3)6-8-14/h5-8,12H,9-11H2,1-4H3,(H,17,20)(H,18,21). The zero-order valence-electron chi connectivity index (χ0n) is 13.3. The van der Waals surface area contributed by atoms with Crippen molar-refractivity contribution >= 4 is 11.8 Å². The van der Waals surface area contributed by atoms with Crippen LogP contribution in [0.3, 0.4) is 0 Å². The van der Waals surface area contributed by atoms with Crippen molar-refractivity contribution in [3.63, 3.8) is 0 Å². The highest BCUT2D eigenvalue weighted by molar-refractivity contribution is 5.81. The number of aryl methyl sites for hydroxylation is 1. The van der Waals surface area contributed by atoms with Gasteiger partial charge in [-0.15, -0.1) is 0 Å². The zero-order chi connectivity index (χ0) is 15.8. The Morgan fingerprint density at radius 2 is 1.67 bits per heavy atom. The predicted octanol–water partition coefficient (Wildman–Crippen LogP) is 1.07. The molecular formula is C16H25N3O2. The SMILES string of the molecule is Cc1ccc(CNC(=O)CN(C)CC(=O)NC(C)C)cc1. The molecule has 0 aliphatic heterocycles. The largest absolute Gasteiger partial charge is 0.353 e. The van der Waals surface area contributed by atoms with E-state index >= 15 is 0 Å². The molecule has 0 atom stereocenters. The van der Waals surface area contributed by atoms with Crippen LogP contribution in [0.2, 0.25) is 0 Å². The van der Waals surface area contributed by atoms with E-state index in [0.717, 1.165) is 5.56 Å². The van der Waals surface area contributed by atoms with E-state index in [-0.39, 0.29) is 30.9 Å². The van der Waals surface area contributed by atoms with Crippen LogP contribution in [0.5, 0.6) is 0 Å². The molecule has 0 bridgehead atoms. The van der Waals surface area contributed by atoms with Gasteiger partial charge in [0.25, 0.3) is 0 Å². The van der Waals surface area contributed by atoms with Crippen molar-refractivity contribution in [1.82, 2.24) is 15.5 Å². The lowest BCUT2D eigenvalue weighted by Crippen LogP contribution is -2.42. The van der Waals surface area contributed by atoms with E-state index in [0.29, 0.717) is 6.54 Å². The molecule has 5 nitrogen and oxygen atoms in total. The molecule has 0 unspecified atom stereocenters. The molecule has 1 rings (SSSR count). The van der Waals surface area contributed by atoms with Crippen molar-refractivity contribution in [3.05, 3.63) is 35.4 Å². The first-order chi connectivity index (χ1) is 9.86. The number of rotatable bonds is 7. The number of likely N-dealkylation sites (N-methyl/N-ethyl adjacent to an activating group) is 1. The summed E-state index contributed by atoms with van der Waals surface area (Å²) in [4.78, 5) is 25.1. The van der Waals surface area contributed by atoms with E-state index in [9.17, 15) is 9.59 Å². The third kappa shape index (κ3) is 7.46. The second kappa shape index (κ2) is 8.42. The number of nitrogens with one attached hydrogen (secondary N) is 2. The van der Waals surface area contributed by atoms with Crippen LogP contribution in [0.25, 0.3) is 0 Å². The molecule has 0 saturated heterocycles. The molecule has 116 valence electrons. The second-order valence-corrected chi connectivity index (χ2v) is 5.66. The summed E-state index contributed by atoms with van der Waals surface area (Å²) in [6.07, 6.45) is 0. The molecule has 0 heterocycles. The van der Waals surface area contributed by atoms with Crippen LogP contribution in [0.15, 0.2) is 24.3 Å². The van der Waals surface area contributed by atoms with Gasteiger partial charge in [-0.2, -0.15) is 0 Å². The van der Waals surface area contributed by atoms with Crippen molar-refractivity contribution in [2.75, 3.05) is 20.1 Å². The lowest BCUT2D eigenvalue weighted by atomic mass is 10.1.